The van der Waals surface area contributed by atoms with Crippen LogP contribution in [0.3, 0.4) is 0 Å². The average molecular weight is 311 g/mol. The van der Waals surface area contributed by atoms with Gasteiger partial charge in [-0.1, -0.05) is 17.7 Å². The van der Waals surface area contributed by atoms with Gasteiger partial charge >= 0.3 is 5.97 Å². The Morgan fingerprint density at radius 3 is 2.52 bits per heavy atom. The lowest BCUT2D eigenvalue weighted by Gasteiger charge is -2.11. The highest BCUT2D eigenvalue weighted by molar-refractivity contribution is 7.91. The lowest BCUT2D eigenvalue weighted by molar-refractivity contribution is -0.124. The van der Waals surface area contributed by atoms with Gasteiger partial charge in [-0.2, -0.15) is 0 Å². The summed E-state index contributed by atoms with van der Waals surface area (Å²) < 4.78 is 27.4. The van der Waals surface area contributed by atoms with Crippen molar-refractivity contribution >= 4 is 21.7 Å². The van der Waals surface area contributed by atoms with Crippen LogP contribution in [0.4, 0.5) is 0 Å². The van der Waals surface area contributed by atoms with Crippen molar-refractivity contribution in [3.05, 3.63) is 35.4 Å². The van der Waals surface area contributed by atoms with E-state index in [4.69, 9.17) is 4.74 Å². The number of ether oxygens (including phenoxy) is 1. The Morgan fingerprint density at radius 1 is 1.29 bits per heavy atom. The maximum absolute atomic E-state index is 11.7. The number of rotatable bonds is 4. The zero-order chi connectivity index (χ0) is 15.5. The SMILES string of the molecule is Cc1ccc(C(=O)OCC(=O)N[C@H]2CCS(=O)(=O)C2)cc1. The van der Waals surface area contributed by atoms with Gasteiger partial charge in [-0.15, -0.1) is 0 Å². The molecular weight excluding hydrogens is 294 g/mol. The summed E-state index contributed by atoms with van der Waals surface area (Å²) >= 11 is 0. The van der Waals surface area contributed by atoms with Crippen LogP contribution >= 0.6 is 0 Å². The van der Waals surface area contributed by atoms with Gasteiger partial charge in [-0.3, -0.25) is 4.79 Å². The zero-order valence-corrected chi connectivity index (χ0v) is 12.5. The van der Waals surface area contributed by atoms with Crippen LogP contribution in [-0.2, 0) is 19.4 Å². The van der Waals surface area contributed by atoms with Crippen LogP contribution in [0.15, 0.2) is 24.3 Å². The number of carbonyl (C=O) groups excluding carboxylic acids is 2. The van der Waals surface area contributed by atoms with E-state index in [9.17, 15) is 18.0 Å². The van der Waals surface area contributed by atoms with Gasteiger partial charge in [0.15, 0.2) is 16.4 Å². The third-order valence-electron chi connectivity index (χ3n) is 3.22. The predicted molar refractivity (Wildman–Crippen MR) is 76.7 cm³/mol. The standard InChI is InChI=1S/C14H17NO5S/c1-10-2-4-11(5-3-10)14(17)20-8-13(16)15-12-6-7-21(18,19)9-12/h2-5,12H,6-9H2,1H3,(H,15,16)/t12-/m0/s1. The molecule has 0 aromatic heterocycles. The first-order valence-electron chi connectivity index (χ1n) is 6.59. The topological polar surface area (TPSA) is 89.5 Å². The molecular formula is C14H17NO5S. The number of esters is 1. The Labute approximate surface area is 123 Å². The van der Waals surface area contributed by atoms with E-state index in [1.807, 2.05) is 6.92 Å². The van der Waals surface area contributed by atoms with E-state index in [0.29, 0.717) is 12.0 Å². The van der Waals surface area contributed by atoms with Crippen LogP contribution in [0.2, 0.25) is 0 Å². The van der Waals surface area contributed by atoms with Crippen molar-refractivity contribution in [2.24, 2.45) is 0 Å². The number of aryl methyl sites for hydroxylation is 1. The molecule has 0 saturated carbocycles. The van der Waals surface area contributed by atoms with Crippen molar-refractivity contribution in [3.63, 3.8) is 0 Å². The summed E-state index contributed by atoms with van der Waals surface area (Å²) in [5.41, 5.74) is 1.39. The van der Waals surface area contributed by atoms with Gasteiger partial charge in [0.05, 0.1) is 17.1 Å². The maximum Gasteiger partial charge on any atom is 0.338 e. The van der Waals surface area contributed by atoms with E-state index < -0.39 is 28.3 Å². The molecule has 7 heteroatoms. The molecule has 1 fully saturated rings. The number of amides is 1. The first-order chi connectivity index (χ1) is 9.85. The number of hydrogen-bond donors (Lipinski definition) is 1. The molecule has 1 amide bonds. The Bertz CT molecular complexity index is 636. The lowest BCUT2D eigenvalue weighted by Crippen LogP contribution is -2.38. The first-order valence-corrected chi connectivity index (χ1v) is 8.41. The second-order valence-corrected chi connectivity index (χ2v) is 7.34. The van der Waals surface area contributed by atoms with Gasteiger partial charge < -0.3 is 10.1 Å². The van der Waals surface area contributed by atoms with E-state index in [1.165, 1.54) is 0 Å². The minimum Gasteiger partial charge on any atom is -0.452 e. The summed E-state index contributed by atoms with van der Waals surface area (Å²) in [4.78, 5) is 23.3. The van der Waals surface area contributed by atoms with Gasteiger partial charge in [-0.25, -0.2) is 13.2 Å². The van der Waals surface area contributed by atoms with Crippen LogP contribution in [-0.4, -0.2) is 44.4 Å². The molecule has 0 bridgehead atoms. The second kappa shape index (κ2) is 6.26. The van der Waals surface area contributed by atoms with Gasteiger partial charge in [0.25, 0.3) is 5.91 Å². The molecule has 1 N–H and O–H groups in total. The molecule has 1 saturated heterocycles. The van der Waals surface area contributed by atoms with E-state index in [-0.39, 0.29) is 17.5 Å². The molecule has 1 aromatic rings. The van der Waals surface area contributed by atoms with Crippen LogP contribution in [0.5, 0.6) is 0 Å². The van der Waals surface area contributed by atoms with Gasteiger partial charge in [0.1, 0.15) is 0 Å². The van der Waals surface area contributed by atoms with E-state index in [1.54, 1.807) is 24.3 Å². The van der Waals surface area contributed by atoms with Crippen LogP contribution in [0, 0.1) is 6.92 Å². The fraction of sp³-hybridized carbons (Fsp3) is 0.429. The summed E-state index contributed by atoms with van der Waals surface area (Å²) in [6.07, 6.45) is 0.403. The summed E-state index contributed by atoms with van der Waals surface area (Å²) in [5.74, 6) is -1.03. The van der Waals surface area contributed by atoms with Crippen LogP contribution in [0.25, 0.3) is 0 Å². The average Bonchev–Trinajstić information content (AvgIpc) is 2.76. The molecule has 1 aromatic carbocycles. The molecule has 1 heterocycles. The molecule has 1 aliphatic rings. The summed E-state index contributed by atoms with van der Waals surface area (Å²) in [6.45, 7) is 1.49. The normalized spacial score (nSPS) is 20.0. The third-order valence-corrected chi connectivity index (χ3v) is 4.99. The molecule has 21 heavy (non-hydrogen) atoms. The van der Waals surface area contributed by atoms with E-state index >= 15 is 0 Å². The Kier molecular flexibility index (Phi) is 4.62. The quantitative estimate of drug-likeness (QED) is 0.816. The minimum atomic E-state index is -3.04. The maximum atomic E-state index is 11.7. The number of benzene rings is 1. The van der Waals surface area contributed by atoms with Crippen LogP contribution in [0.1, 0.15) is 22.3 Å². The van der Waals surface area contributed by atoms with Gasteiger partial charge in [-0.05, 0) is 25.5 Å². The fourth-order valence-corrected chi connectivity index (χ4v) is 3.76. The molecule has 0 radical (unpaired) electrons. The minimum absolute atomic E-state index is 0.0509. The molecule has 0 spiro atoms. The smallest absolute Gasteiger partial charge is 0.338 e. The Hall–Kier alpha value is -1.89. The first kappa shape index (κ1) is 15.5. The number of nitrogens with one attached hydrogen (secondary N) is 1. The van der Waals surface area contributed by atoms with Crippen LogP contribution < -0.4 is 5.32 Å². The lowest BCUT2D eigenvalue weighted by atomic mass is 10.1. The highest BCUT2D eigenvalue weighted by Crippen LogP contribution is 2.11. The summed E-state index contributed by atoms with van der Waals surface area (Å²) in [5, 5.41) is 2.56. The fourth-order valence-electron chi connectivity index (χ4n) is 2.08. The Balaban J connectivity index is 1.79. The largest absolute Gasteiger partial charge is 0.452 e. The molecule has 0 unspecified atom stereocenters. The molecule has 1 aliphatic heterocycles. The molecule has 0 aliphatic carbocycles. The number of sulfone groups is 1. The Morgan fingerprint density at radius 2 is 1.95 bits per heavy atom. The molecule has 6 nitrogen and oxygen atoms in total. The van der Waals surface area contributed by atoms with E-state index in [0.717, 1.165) is 5.56 Å². The van der Waals surface area contributed by atoms with Gasteiger partial charge in [0.2, 0.25) is 0 Å². The van der Waals surface area contributed by atoms with Crippen molar-refractivity contribution in [2.75, 3.05) is 18.1 Å². The predicted octanol–water partition coefficient (Wildman–Crippen LogP) is 0.455. The second-order valence-electron chi connectivity index (χ2n) is 5.11. The molecule has 2 rings (SSSR count). The zero-order valence-electron chi connectivity index (χ0n) is 11.7. The van der Waals surface area contributed by atoms with Crippen molar-refractivity contribution in [2.45, 2.75) is 19.4 Å². The highest BCUT2D eigenvalue weighted by Gasteiger charge is 2.29. The highest BCUT2D eigenvalue weighted by atomic mass is 32.2. The molecule has 114 valence electrons. The summed E-state index contributed by atoms with van der Waals surface area (Å²) in [6, 6.07) is 6.42. The van der Waals surface area contributed by atoms with E-state index in [2.05, 4.69) is 5.32 Å². The molecule has 1 atom stereocenters. The van der Waals surface area contributed by atoms with Crippen molar-refractivity contribution in [3.8, 4) is 0 Å². The van der Waals surface area contributed by atoms with Crippen molar-refractivity contribution in [1.29, 1.82) is 0 Å². The van der Waals surface area contributed by atoms with Gasteiger partial charge in [0, 0.05) is 6.04 Å². The number of hydrogen-bond acceptors (Lipinski definition) is 5. The summed E-state index contributed by atoms with van der Waals surface area (Å²) in [7, 11) is -3.04. The number of carbonyl (C=O) groups is 2. The van der Waals surface area contributed by atoms with Crippen molar-refractivity contribution in [1.82, 2.24) is 5.32 Å². The monoisotopic (exact) mass is 311 g/mol. The third kappa shape index (κ3) is 4.56. The van der Waals surface area contributed by atoms with Crippen molar-refractivity contribution < 1.29 is 22.7 Å².